The number of nitrogens with one attached hydrogen (secondary N) is 1. The van der Waals surface area contributed by atoms with Crippen LogP contribution in [0.3, 0.4) is 0 Å². The van der Waals surface area contributed by atoms with E-state index in [0.29, 0.717) is 39.1 Å². The third-order valence-corrected chi connectivity index (χ3v) is 3.29. The Morgan fingerprint density at radius 1 is 1.16 bits per heavy atom. The fourth-order valence-electron chi connectivity index (χ4n) is 1.86. The molecule has 1 saturated heterocycles. The van der Waals surface area contributed by atoms with E-state index in [0.717, 1.165) is 0 Å². The number of carbonyl (C=O) groups is 3. The smallest absolute Gasteiger partial charge is 0.317 e. The summed E-state index contributed by atoms with van der Waals surface area (Å²) in [7, 11) is 0. The van der Waals surface area contributed by atoms with Gasteiger partial charge in [0.1, 0.15) is 0 Å². The van der Waals surface area contributed by atoms with E-state index in [1.165, 1.54) is 6.92 Å². The molecule has 1 rings (SSSR count). The molecule has 0 radical (unpaired) electrons. The van der Waals surface area contributed by atoms with Crippen LogP contribution in [0.5, 0.6) is 0 Å². The van der Waals surface area contributed by atoms with Crippen molar-refractivity contribution in [3.63, 3.8) is 0 Å². The molecule has 0 saturated carbocycles. The van der Waals surface area contributed by atoms with E-state index in [2.05, 4.69) is 5.32 Å². The minimum Gasteiger partial charge on any atom is -0.481 e. The summed E-state index contributed by atoms with van der Waals surface area (Å²) in [5, 5.41) is 11.4. The lowest BCUT2D eigenvalue weighted by Crippen LogP contribution is -2.52. The second-order valence-corrected chi connectivity index (χ2v) is 4.75. The van der Waals surface area contributed by atoms with Crippen molar-refractivity contribution < 1.29 is 19.5 Å². The molecule has 1 heterocycles. The monoisotopic (exact) mass is 271 g/mol. The van der Waals surface area contributed by atoms with Gasteiger partial charge in [0.25, 0.3) is 0 Å². The third-order valence-electron chi connectivity index (χ3n) is 3.29. The van der Waals surface area contributed by atoms with Crippen molar-refractivity contribution in [1.82, 2.24) is 15.1 Å². The van der Waals surface area contributed by atoms with Gasteiger partial charge >= 0.3 is 12.0 Å². The Bertz CT molecular complexity index is 351. The number of amides is 3. The second kappa shape index (κ2) is 6.96. The Hall–Kier alpha value is -1.79. The average molecular weight is 271 g/mol. The second-order valence-electron chi connectivity index (χ2n) is 4.75. The molecule has 0 spiro atoms. The zero-order chi connectivity index (χ0) is 14.4. The van der Waals surface area contributed by atoms with Crippen LogP contribution in [0.2, 0.25) is 0 Å². The Balaban J connectivity index is 2.24. The summed E-state index contributed by atoms with van der Waals surface area (Å²) in [6.07, 6.45) is 0.411. The molecule has 1 aliphatic rings. The number of carbonyl (C=O) groups excluding carboxylic acids is 2. The normalized spacial score (nSPS) is 16.9. The quantitative estimate of drug-likeness (QED) is 0.751. The molecule has 19 heavy (non-hydrogen) atoms. The third kappa shape index (κ3) is 4.76. The Morgan fingerprint density at radius 2 is 1.68 bits per heavy atom. The number of hydrogen-bond donors (Lipinski definition) is 2. The lowest BCUT2D eigenvalue weighted by atomic mass is 10.1. The Labute approximate surface area is 112 Å². The maximum atomic E-state index is 11.8. The summed E-state index contributed by atoms with van der Waals surface area (Å²) >= 11 is 0. The van der Waals surface area contributed by atoms with Crippen LogP contribution >= 0.6 is 0 Å². The predicted octanol–water partition coefficient (Wildman–Crippen LogP) is -0.0291. The topological polar surface area (TPSA) is 90.0 Å². The summed E-state index contributed by atoms with van der Waals surface area (Å²) in [5.41, 5.74) is 0. The van der Waals surface area contributed by atoms with Gasteiger partial charge in [-0.15, -0.1) is 0 Å². The number of aliphatic carboxylic acids is 1. The number of carboxylic acids is 1. The molecule has 108 valence electrons. The molecular weight excluding hydrogens is 250 g/mol. The highest BCUT2D eigenvalue weighted by Gasteiger charge is 2.22. The van der Waals surface area contributed by atoms with Crippen LogP contribution in [-0.4, -0.2) is 65.5 Å². The predicted molar refractivity (Wildman–Crippen MR) is 68.6 cm³/mol. The van der Waals surface area contributed by atoms with Gasteiger partial charge < -0.3 is 20.2 Å². The molecule has 2 N–H and O–H groups in total. The maximum absolute atomic E-state index is 11.8. The summed E-state index contributed by atoms with van der Waals surface area (Å²) in [4.78, 5) is 36.9. The zero-order valence-corrected chi connectivity index (χ0v) is 11.4. The van der Waals surface area contributed by atoms with E-state index in [1.54, 1.807) is 16.7 Å². The fraction of sp³-hybridized carbons (Fsp3) is 0.750. The van der Waals surface area contributed by atoms with Crippen molar-refractivity contribution in [3.05, 3.63) is 0 Å². The maximum Gasteiger partial charge on any atom is 0.317 e. The van der Waals surface area contributed by atoms with Crippen molar-refractivity contribution >= 4 is 17.9 Å². The minimum absolute atomic E-state index is 0.0235. The largest absolute Gasteiger partial charge is 0.481 e. The van der Waals surface area contributed by atoms with E-state index in [-0.39, 0.29) is 11.9 Å². The molecule has 0 bridgehead atoms. The fourth-order valence-corrected chi connectivity index (χ4v) is 1.86. The van der Waals surface area contributed by atoms with Crippen molar-refractivity contribution in [2.75, 3.05) is 32.7 Å². The van der Waals surface area contributed by atoms with Crippen molar-refractivity contribution in [3.8, 4) is 0 Å². The standard InChI is InChI=1S/C12H21N3O4/c1-9(11(17)18)3-4-13-12(19)15-7-5-14(6-8-15)10(2)16/h9H,3-8H2,1-2H3,(H,13,19)(H,17,18). The van der Waals surface area contributed by atoms with E-state index in [1.807, 2.05) is 0 Å². The highest BCUT2D eigenvalue weighted by Crippen LogP contribution is 2.03. The molecule has 0 aliphatic carbocycles. The molecule has 1 aliphatic heterocycles. The van der Waals surface area contributed by atoms with Gasteiger partial charge in [-0.1, -0.05) is 6.92 Å². The van der Waals surface area contributed by atoms with Gasteiger partial charge in [0.2, 0.25) is 5.91 Å². The minimum atomic E-state index is -0.857. The lowest BCUT2D eigenvalue weighted by Gasteiger charge is -2.34. The first-order chi connectivity index (χ1) is 8.91. The van der Waals surface area contributed by atoms with Crippen LogP contribution in [0.4, 0.5) is 4.79 Å². The van der Waals surface area contributed by atoms with Crippen molar-refractivity contribution in [2.45, 2.75) is 20.3 Å². The molecule has 0 aromatic rings. The van der Waals surface area contributed by atoms with Gasteiger partial charge in [-0.3, -0.25) is 9.59 Å². The van der Waals surface area contributed by atoms with Crippen LogP contribution in [-0.2, 0) is 9.59 Å². The van der Waals surface area contributed by atoms with Crippen LogP contribution < -0.4 is 5.32 Å². The van der Waals surface area contributed by atoms with Gasteiger partial charge in [-0.05, 0) is 6.42 Å². The van der Waals surface area contributed by atoms with E-state index >= 15 is 0 Å². The van der Waals surface area contributed by atoms with E-state index in [4.69, 9.17) is 5.11 Å². The number of carboxylic acid groups (broad SMARTS) is 1. The van der Waals surface area contributed by atoms with Crippen LogP contribution in [0.25, 0.3) is 0 Å². The average Bonchev–Trinajstić information content (AvgIpc) is 2.38. The molecule has 3 amide bonds. The first-order valence-corrected chi connectivity index (χ1v) is 6.43. The van der Waals surface area contributed by atoms with Crippen molar-refractivity contribution in [1.29, 1.82) is 0 Å². The van der Waals surface area contributed by atoms with Gasteiger partial charge in [-0.2, -0.15) is 0 Å². The van der Waals surface area contributed by atoms with Crippen LogP contribution in [0.1, 0.15) is 20.3 Å². The lowest BCUT2D eigenvalue weighted by molar-refractivity contribution is -0.141. The summed E-state index contributed by atoms with van der Waals surface area (Å²) in [5.74, 6) is -1.30. The van der Waals surface area contributed by atoms with Crippen LogP contribution in [0, 0.1) is 5.92 Å². The molecular formula is C12H21N3O4. The zero-order valence-electron chi connectivity index (χ0n) is 11.4. The first kappa shape index (κ1) is 15.3. The van der Waals surface area contributed by atoms with Crippen LogP contribution in [0.15, 0.2) is 0 Å². The summed E-state index contributed by atoms with van der Waals surface area (Å²) < 4.78 is 0. The van der Waals surface area contributed by atoms with Gasteiger partial charge in [0.05, 0.1) is 5.92 Å². The molecule has 1 atom stereocenters. The Kier molecular flexibility index (Phi) is 5.59. The molecule has 7 heteroatoms. The van der Waals surface area contributed by atoms with Gasteiger partial charge in [-0.25, -0.2) is 4.79 Å². The molecule has 1 fully saturated rings. The number of urea groups is 1. The summed E-state index contributed by atoms with van der Waals surface area (Å²) in [6.45, 7) is 5.60. The molecule has 1 unspecified atom stereocenters. The van der Waals surface area contributed by atoms with E-state index in [9.17, 15) is 14.4 Å². The number of hydrogen-bond acceptors (Lipinski definition) is 3. The SMILES string of the molecule is CC(=O)N1CCN(C(=O)NCCC(C)C(=O)O)CC1. The number of rotatable bonds is 4. The molecule has 0 aromatic carbocycles. The van der Waals surface area contributed by atoms with Crippen molar-refractivity contribution in [2.24, 2.45) is 5.92 Å². The highest BCUT2D eigenvalue weighted by molar-refractivity contribution is 5.76. The van der Waals surface area contributed by atoms with E-state index < -0.39 is 11.9 Å². The summed E-state index contributed by atoms with van der Waals surface area (Å²) in [6, 6.07) is -0.194. The number of nitrogens with zero attached hydrogens (tertiary/aromatic N) is 2. The first-order valence-electron chi connectivity index (χ1n) is 6.43. The van der Waals surface area contributed by atoms with Gasteiger partial charge in [0.15, 0.2) is 0 Å². The van der Waals surface area contributed by atoms with Gasteiger partial charge in [0, 0.05) is 39.6 Å². The molecule has 0 aromatic heterocycles. The Morgan fingerprint density at radius 3 is 2.16 bits per heavy atom. The molecule has 7 nitrogen and oxygen atoms in total. The highest BCUT2D eigenvalue weighted by atomic mass is 16.4. The number of piperazine rings is 1.